The van der Waals surface area contributed by atoms with E-state index in [1.54, 1.807) is 0 Å². The zero-order chi connectivity index (χ0) is 14.3. The lowest BCUT2D eigenvalue weighted by Gasteiger charge is -2.25. The first-order valence-corrected chi connectivity index (χ1v) is 7.25. The van der Waals surface area contributed by atoms with Crippen molar-refractivity contribution < 1.29 is 9.53 Å². The standard InChI is InChI=1S/C17H26O2/c1-5-19-16(18)13-9-12-15(17(2,3)4)14-10-7-6-8-11-14/h9-10H,5-8,11,13H2,1-4H3. The zero-order valence-electron chi connectivity index (χ0n) is 12.7. The fourth-order valence-corrected chi connectivity index (χ4v) is 2.31. The molecule has 0 atom stereocenters. The van der Waals surface area contributed by atoms with Crippen LogP contribution in [0.3, 0.4) is 0 Å². The van der Waals surface area contributed by atoms with Crippen LogP contribution >= 0.6 is 0 Å². The molecule has 0 saturated heterocycles. The molecule has 0 amide bonds. The third-order valence-corrected chi connectivity index (χ3v) is 3.18. The van der Waals surface area contributed by atoms with E-state index < -0.39 is 0 Å². The Kier molecular flexibility index (Phi) is 6.11. The Bertz CT molecular complexity index is 401. The van der Waals surface area contributed by atoms with Crippen LogP contribution in [-0.2, 0) is 9.53 Å². The molecule has 1 aliphatic carbocycles. The van der Waals surface area contributed by atoms with Gasteiger partial charge in [-0.25, -0.2) is 0 Å². The van der Waals surface area contributed by atoms with Crippen molar-refractivity contribution in [3.05, 3.63) is 29.0 Å². The van der Waals surface area contributed by atoms with Crippen LogP contribution in [0.1, 0.15) is 59.8 Å². The minimum Gasteiger partial charge on any atom is -0.466 e. The number of rotatable bonds is 4. The summed E-state index contributed by atoms with van der Waals surface area (Å²) in [5.41, 5.74) is 6.04. The fourth-order valence-electron chi connectivity index (χ4n) is 2.31. The van der Waals surface area contributed by atoms with Crippen LogP contribution in [0.5, 0.6) is 0 Å². The molecule has 0 saturated carbocycles. The molecule has 2 heteroatoms. The van der Waals surface area contributed by atoms with E-state index in [0.717, 1.165) is 12.8 Å². The second-order valence-electron chi connectivity index (χ2n) is 5.96. The maximum Gasteiger partial charge on any atom is 0.310 e. The fraction of sp³-hybridized carbons (Fsp3) is 0.647. The van der Waals surface area contributed by atoms with Gasteiger partial charge in [-0.15, -0.1) is 5.73 Å². The van der Waals surface area contributed by atoms with E-state index in [1.807, 2.05) is 13.0 Å². The van der Waals surface area contributed by atoms with E-state index in [-0.39, 0.29) is 11.4 Å². The number of esters is 1. The van der Waals surface area contributed by atoms with Crippen molar-refractivity contribution in [1.29, 1.82) is 0 Å². The van der Waals surface area contributed by atoms with Crippen LogP contribution in [0.25, 0.3) is 0 Å². The quantitative estimate of drug-likeness (QED) is 0.548. The Balaban J connectivity index is 2.88. The average Bonchev–Trinajstić information content (AvgIpc) is 2.34. The first-order valence-electron chi connectivity index (χ1n) is 7.25. The van der Waals surface area contributed by atoms with Crippen molar-refractivity contribution in [2.45, 2.75) is 59.8 Å². The second kappa shape index (κ2) is 7.35. The number of carbonyl (C=O) groups excluding carboxylic acids is 1. The predicted octanol–water partition coefficient (Wildman–Crippen LogP) is 4.57. The van der Waals surface area contributed by atoms with Gasteiger partial charge < -0.3 is 4.74 Å². The largest absolute Gasteiger partial charge is 0.466 e. The summed E-state index contributed by atoms with van der Waals surface area (Å²) in [7, 11) is 0. The molecule has 19 heavy (non-hydrogen) atoms. The number of hydrogen-bond acceptors (Lipinski definition) is 2. The molecule has 106 valence electrons. The van der Waals surface area contributed by atoms with Crippen molar-refractivity contribution in [2.75, 3.05) is 6.61 Å². The van der Waals surface area contributed by atoms with Crippen LogP contribution in [0, 0.1) is 5.41 Å². The van der Waals surface area contributed by atoms with E-state index in [1.165, 1.54) is 24.0 Å². The highest BCUT2D eigenvalue weighted by Gasteiger charge is 2.21. The van der Waals surface area contributed by atoms with Crippen LogP contribution in [0.4, 0.5) is 0 Å². The van der Waals surface area contributed by atoms with Crippen molar-refractivity contribution in [3.63, 3.8) is 0 Å². The van der Waals surface area contributed by atoms with Crippen LogP contribution < -0.4 is 0 Å². The van der Waals surface area contributed by atoms with Gasteiger partial charge in [0.15, 0.2) is 0 Å². The van der Waals surface area contributed by atoms with E-state index in [4.69, 9.17) is 4.74 Å². The molecule has 0 bridgehead atoms. The SMILES string of the molecule is CCOC(=O)CC=C=C(C1=CCCCC1)C(C)(C)C. The first kappa shape index (κ1) is 15.8. The Morgan fingerprint density at radius 2 is 2.16 bits per heavy atom. The smallest absolute Gasteiger partial charge is 0.310 e. The lowest BCUT2D eigenvalue weighted by Crippen LogP contribution is -2.12. The minimum absolute atomic E-state index is 0.0638. The van der Waals surface area contributed by atoms with Crippen LogP contribution in [0.15, 0.2) is 29.0 Å². The summed E-state index contributed by atoms with van der Waals surface area (Å²) in [6, 6.07) is 0. The summed E-state index contributed by atoms with van der Waals surface area (Å²) in [5.74, 6) is -0.180. The molecule has 0 fully saturated rings. The second-order valence-corrected chi connectivity index (χ2v) is 5.96. The van der Waals surface area contributed by atoms with Crippen LogP contribution in [0.2, 0.25) is 0 Å². The highest BCUT2D eigenvalue weighted by atomic mass is 16.5. The highest BCUT2D eigenvalue weighted by Crippen LogP contribution is 2.35. The van der Waals surface area contributed by atoms with Gasteiger partial charge in [0, 0.05) is 5.57 Å². The van der Waals surface area contributed by atoms with Gasteiger partial charge in [-0.2, -0.15) is 0 Å². The van der Waals surface area contributed by atoms with Crippen LogP contribution in [-0.4, -0.2) is 12.6 Å². The number of carbonyl (C=O) groups is 1. The van der Waals surface area contributed by atoms with Crippen molar-refractivity contribution in [3.8, 4) is 0 Å². The molecule has 1 aliphatic rings. The molecular formula is C17H26O2. The summed E-state index contributed by atoms with van der Waals surface area (Å²) < 4.78 is 4.92. The topological polar surface area (TPSA) is 26.3 Å². The Morgan fingerprint density at radius 1 is 1.42 bits per heavy atom. The molecule has 0 spiro atoms. The molecule has 0 N–H and O–H groups in total. The van der Waals surface area contributed by atoms with E-state index in [0.29, 0.717) is 13.0 Å². The highest BCUT2D eigenvalue weighted by molar-refractivity contribution is 5.71. The Hall–Kier alpha value is -1.27. The summed E-state index contributed by atoms with van der Waals surface area (Å²) in [6.45, 7) is 8.85. The molecule has 1 rings (SSSR count). The monoisotopic (exact) mass is 262 g/mol. The Morgan fingerprint density at radius 3 is 2.68 bits per heavy atom. The molecule has 2 nitrogen and oxygen atoms in total. The van der Waals surface area contributed by atoms with Crippen molar-refractivity contribution >= 4 is 5.97 Å². The van der Waals surface area contributed by atoms with Gasteiger partial charge in [0.1, 0.15) is 0 Å². The zero-order valence-corrected chi connectivity index (χ0v) is 12.7. The molecule has 0 aromatic rings. The minimum atomic E-state index is -0.180. The summed E-state index contributed by atoms with van der Waals surface area (Å²) in [5, 5.41) is 0. The molecular weight excluding hydrogens is 236 g/mol. The van der Waals surface area contributed by atoms with Gasteiger partial charge in [-0.3, -0.25) is 4.79 Å². The van der Waals surface area contributed by atoms with Gasteiger partial charge in [0.05, 0.1) is 13.0 Å². The normalized spacial score (nSPS) is 15.3. The first-order chi connectivity index (χ1) is 8.95. The van der Waals surface area contributed by atoms with Gasteiger partial charge in [0.2, 0.25) is 0 Å². The predicted molar refractivity (Wildman–Crippen MR) is 78.9 cm³/mol. The van der Waals surface area contributed by atoms with E-state index in [9.17, 15) is 4.79 Å². The number of hydrogen-bond donors (Lipinski definition) is 0. The molecule has 0 unspecified atom stereocenters. The Labute approximate surface area is 117 Å². The molecule has 0 aromatic heterocycles. The summed E-state index contributed by atoms with van der Waals surface area (Å²) >= 11 is 0. The maximum absolute atomic E-state index is 11.3. The van der Waals surface area contributed by atoms with Gasteiger partial charge in [-0.1, -0.05) is 26.8 Å². The molecule has 0 aliphatic heterocycles. The summed E-state index contributed by atoms with van der Waals surface area (Å²) in [6.07, 6.45) is 9.28. The molecule has 0 aromatic carbocycles. The van der Waals surface area contributed by atoms with E-state index in [2.05, 4.69) is 32.6 Å². The van der Waals surface area contributed by atoms with Gasteiger partial charge in [0.25, 0.3) is 0 Å². The van der Waals surface area contributed by atoms with Gasteiger partial charge in [-0.05, 0) is 49.7 Å². The average molecular weight is 262 g/mol. The third-order valence-electron chi connectivity index (χ3n) is 3.18. The van der Waals surface area contributed by atoms with Gasteiger partial charge >= 0.3 is 5.97 Å². The lowest BCUT2D eigenvalue weighted by atomic mass is 9.79. The number of ether oxygens (including phenoxy) is 1. The molecule has 0 radical (unpaired) electrons. The van der Waals surface area contributed by atoms with Crippen molar-refractivity contribution in [2.24, 2.45) is 5.41 Å². The number of allylic oxidation sites excluding steroid dienone is 2. The lowest BCUT2D eigenvalue weighted by molar-refractivity contribution is -0.142. The third kappa shape index (κ3) is 5.48. The summed E-state index contributed by atoms with van der Waals surface area (Å²) in [4.78, 5) is 11.3. The van der Waals surface area contributed by atoms with Crippen molar-refractivity contribution in [1.82, 2.24) is 0 Å². The molecule has 0 heterocycles. The maximum atomic E-state index is 11.3. The van der Waals surface area contributed by atoms with E-state index >= 15 is 0 Å².